The highest BCUT2D eigenvalue weighted by Crippen LogP contribution is 2.36. The first-order valence-corrected chi connectivity index (χ1v) is 9.57. The highest BCUT2D eigenvalue weighted by atomic mass is 16.6. The molecular weight excluding hydrogens is 378 g/mol. The number of hydrazone groups is 2. The average molecular weight is 399 g/mol. The number of fused-ring (bicyclic) bond motifs is 3. The fourth-order valence-corrected chi connectivity index (χ4v) is 3.29. The molecule has 2 aromatic carbocycles. The molecule has 1 amide bonds. The SMILES string of the molecule is CC(C)(C)OC(=O)N1N=C(c2ccccc2)C=C(C#N)N2N=Cc3ccccc3[C@@H]12. The minimum atomic E-state index is -0.742. The van der Waals surface area contributed by atoms with Crippen molar-refractivity contribution in [2.45, 2.75) is 32.5 Å². The van der Waals surface area contributed by atoms with Crippen molar-refractivity contribution in [3.63, 3.8) is 0 Å². The van der Waals surface area contributed by atoms with E-state index < -0.39 is 17.9 Å². The van der Waals surface area contributed by atoms with Crippen molar-refractivity contribution < 1.29 is 9.53 Å². The Labute approximate surface area is 175 Å². The van der Waals surface area contributed by atoms with E-state index in [1.54, 1.807) is 33.1 Å². The van der Waals surface area contributed by atoms with E-state index in [0.717, 1.165) is 16.7 Å². The van der Waals surface area contributed by atoms with Gasteiger partial charge in [0, 0.05) is 22.8 Å². The number of hydrogen-bond acceptors (Lipinski definition) is 6. The zero-order chi connectivity index (χ0) is 21.3. The van der Waals surface area contributed by atoms with Crippen molar-refractivity contribution in [3.8, 4) is 6.07 Å². The molecule has 0 unspecified atom stereocenters. The van der Waals surface area contributed by atoms with Crippen molar-refractivity contribution in [1.82, 2.24) is 10.0 Å². The van der Waals surface area contributed by atoms with E-state index in [1.807, 2.05) is 54.6 Å². The van der Waals surface area contributed by atoms with Crippen LogP contribution >= 0.6 is 0 Å². The number of ether oxygens (including phenoxy) is 1. The number of allylic oxidation sites excluding steroid dienone is 2. The van der Waals surface area contributed by atoms with Gasteiger partial charge >= 0.3 is 6.09 Å². The molecule has 0 saturated heterocycles. The Morgan fingerprint density at radius 1 is 1.10 bits per heavy atom. The fourth-order valence-electron chi connectivity index (χ4n) is 3.29. The van der Waals surface area contributed by atoms with E-state index in [1.165, 1.54) is 10.0 Å². The number of carbonyl (C=O) groups is 1. The predicted octanol–water partition coefficient (Wildman–Crippen LogP) is 4.40. The summed E-state index contributed by atoms with van der Waals surface area (Å²) in [6.45, 7) is 5.40. The minimum absolute atomic E-state index is 0.277. The molecule has 150 valence electrons. The first kappa shape index (κ1) is 19.4. The van der Waals surface area contributed by atoms with E-state index in [0.29, 0.717) is 5.71 Å². The Morgan fingerprint density at radius 3 is 2.50 bits per heavy atom. The smallest absolute Gasteiger partial charge is 0.433 e. The van der Waals surface area contributed by atoms with E-state index in [9.17, 15) is 10.1 Å². The summed E-state index contributed by atoms with van der Waals surface area (Å²) >= 11 is 0. The van der Waals surface area contributed by atoms with Crippen LogP contribution < -0.4 is 0 Å². The summed E-state index contributed by atoms with van der Waals surface area (Å²) in [5.74, 6) is 0. The van der Waals surface area contributed by atoms with Crippen molar-refractivity contribution in [1.29, 1.82) is 5.26 Å². The summed E-state index contributed by atoms with van der Waals surface area (Å²) in [7, 11) is 0. The Balaban J connectivity index is 1.91. The molecule has 7 heteroatoms. The summed E-state index contributed by atoms with van der Waals surface area (Å²) in [4.78, 5) is 13.2. The number of amides is 1. The summed E-state index contributed by atoms with van der Waals surface area (Å²) in [5.41, 5.74) is 2.47. The van der Waals surface area contributed by atoms with Gasteiger partial charge < -0.3 is 4.74 Å². The van der Waals surface area contributed by atoms with Gasteiger partial charge in [0.15, 0.2) is 6.17 Å². The molecule has 2 heterocycles. The van der Waals surface area contributed by atoms with Crippen LogP contribution in [0.5, 0.6) is 0 Å². The second kappa shape index (κ2) is 7.48. The molecule has 7 nitrogen and oxygen atoms in total. The van der Waals surface area contributed by atoms with Crippen LogP contribution in [-0.2, 0) is 4.74 Å². The first-order chi connectivity index (χ1) is 14.4. The number of rotatable bonds is 1. The Kier molecular flexibility index (Phi) is 4.84. The first-order valence-electron chi connectivity index (χ1n) is 9.57. The molecule has 30 heavy (non-hydrogen) atoms. The van der Waals surface area contributed by atoms with Crippen LogP contribution in [0.1, 0.15) is 43.6 Å². The quantitative estimate of drug-likeness (QED) is 0.712. The summed E-state index contributed by atoms with van der Waals surface area (Å²) in [5, 5.41) is 21.7. The van der Waals surface area contributed by atoms with Crippen LogP contribution in [0.3, 0.4) is 0 Å². The molecule has 0 spiro atoms. The second-order valence-electron chi connectivity index (χ2n) is 7.91. The summed E-state index contributed by atoms with van der Waals surface area (Å²) in [6, 6.07) is 19.2. The minimum Gasteiger partial charge on any atom is -0.442 e. The number of benzene rings is 2. The number of hydrogen-bond donors (Lipinski definition) is 0. The lowest BCUT2D eigenvalue weighted by molar-refractivity contribution is -0.00431. The Bertz CT molecular complexity index is 1110. The highest BCUT2D eigenvalue weighted by molar-refractivity contribution is 6.09. The lowest BCUT2D eigenvalue weighted by Crippen LogP contribution is -2.43. The molecule has 4 rings (SSSR count). The van der Waals surface area contributed by atoms with Gasteiger partial charge in [-0.1, -0.05) is 54.6 Å². The maximum absolute atomic E-state index is 13.2. The zero-order valence-corrected chi connectivity index (χ0v) is 17.0. The molecule has 0 fully saturated rings. The molecule has 0 aliphatic carbocycles. The van der Waals surface area contributed by atoms with Gasteiger partial charge in [0.25, 0.3) is 0 Å². The molecule has 0 N–H and O–H groups in total. The van der Waals surface area contributed by atoms with Crippen LogP contribution in [-0.4, -0.2) is 33.6 Å². The lowest BCUT2D eigenvalue weighted by atomic mass is 10.0. The monoisotopic (exact) mass is 399 g/mol. The van der Waals surface area contributed by atoms with E-state index in [-0.39, 0.29) is 5.70 Å². The van der Waals surface area contributed by atoms with Crippen LogP contribution in [0.15, 0.2) is 76.6 Å². The van der Waals surface area contributed by atoms with E-state index in [4.69, 9.17) is 4.74 Å². The van der Waals surface area contributed by atoms with Gasteiger partial charge in [-0.2, -0.15) is 20.5 Å². The second-order valence-corrected chi connectivity index (χ2v) is 7.91. The van der Waals surface area contributed by atoms with Crippen LogP contribution in [0, 0.1) is 11.3 Å². The molecular formula is C23H21N5O2. The molecule has 2 aliphatic rings. The summed E-state index contributed by atoms with van der Waals surface area (Å²) in [6.07, 6.45) is 1.95. The third-order valence-electron chi connectivity index (χ3n) is 4.56. The fraction of sp³-hybridized carbons (Fsp3) is 0.217. The third kappa shape index (κ3) is 3.67. The van der Waals surface area contributed by atoms with Crippen molar-refractivity contribution in [3.05, 3.63) is 83.1 Å². The molecule has 0 aromatic heterocycles. The highest BCUT2D eigenvalue weighted by Gasteiger charge is 2.39. The van der Waals surface area contributed by atoms with E-state index in [2.05, 4.69) is 16.3 Å². The molecule has 2 aliphatic heterocycles. The van der Waals surface area contributed by atoms with Crippen molar-refractivity contribution >= 4 is 18.0 Å². The molecule has 0 bridgehead atoms. The molecule has 2 aromatic rings. The Morgan fingerprint density at radius 2 is 1.80 bits per heavy atom. The lowest BCUT2D eigenvalue weighted by Gasteiger charge is -2.36. The number of nitrogens with zero attached hydrogens (tertiary/aromatic N) is 5. The van der Waals surface area contributed by atoms with Crippen LogP contribution in [0.25, 0.3) is 0 Å². The maximum Gasteiger partial charge on any atom is 0.433 e. The van der Waals surface area contributed by atoms with Crippen LogP contribution in [0.2, 0.25) is 0 Å². The van der Waals surface area contributed by atoms with Crippen molar-refractivity contribution in [2.24, 2.45) is 10.2 Å². The molecule has 1 atom stereocenters. The van der Waals surface area contributed by atoms with Gasteiger partial charge in [-0.05, 0) is 20.8 Å². The van der Waals surface area contributed by atoms with Gasteiger partial charge in [-0.25, -0.2) is 9.80 Å². The molecule has 0 radical (unpaired) electrons. The third-order valence-corrected chi connectivity index (χ3v) is 4.56. The van der Waals surface area contributed by atoms with E-state index >= 15 is 0 Å². The Hall–Kier alpha value is -3.92. The van der Waals surface area contributed by atoms with Gasteiger partial charge in [0.05, 0.1) is 11.9 Å². The zero-order valence-electron chi connectivity index (χ0n) is 17.0. The predicted molar refractivity (Wildman–Crippen MR) is 113 cm³/mol. The average Bonchev–Trinajstić information content (AvgIpc) is 2.90. The maximum atomic E-state index is 13.2. The number of carbonyl (C=O) groups excluding carboxylic acids is 1. The normalized spacial score (nSPS) is 17.7. The van der Waals surface area contributed by atoms with Crippen molar-refractivity contribution in [2.75, 3.05) is 0 Å². The molecule has 0 saturated carbocycles. The van der Waals surface area contributed by atoms with Gasteiger partial charge in [0.2, 0.25) is 0 Å². The largest absolute Gasteiger partial charge is 0.442 e. The summed E-state index contributed by atoms with van der Waals surface area (Å²) < 4.78 is 5.65. The van der Waals surface area contributed by atoms with Gasteiger partial charge in [0.1, 0.15) is 17.4 Å². The van der Waals surface area contributed by atoms with Crippen LogP contribution in [0.4, 0.5) is 4.79 Å². The number of nitriles is 1. The standard InChI is InChI=1S/C23H21N5O2/c1-23(2,3)30-22(29)28-21-19-12-8-7-11-17(19)15-25-27(21)18(14-24)13-20(26-28)16-9-5-4-6-10-16/h4-13,15,21H,1-3H3/t21-/m1/s1. The topological polar surface area (TPSA) is 81.3 Å². The van der Waals surface area contributed by atoms with Gasteiger partial charge in [-0.15, -0.1) is 0 Å². The van der Waals surface area contributed by atoms with Gasteiger partial charge in [-0.3, -0.25) is 0 Å².